The van der Waals surface area contributed by atoms with Gasteiger partial charge in [-0.15, -0.1) is 11.3 Å². The Morgan fingerprint density at radius 1 is 1.12 bits per heavy atom. The number of hydrogen-bond donors (Lipinski definition) is 3. The number of thiophene rings is 1. The molecule has 0 aliphatic heterocycles. The molecule has 2 aromatic rings. The van der Waals surface area contributed by atoms with Crippen LogP contribution >= 0.6 is 23.6 Å². The Bertz CT molecular complexity index is 775. The van der Waals surface area contributed by atoms with Crippen molar-refractivity contribution >= 4 is 34.6 Å². The first-order valence-electron chi connectivity index (χ1n) is 8.75. The van der Waals surface area contributed by atoms with Crippen LogP contribution in [0.2, 0.25) is 0 Å². The first-order chi connectivity index (χ1) is 12.5. The molecule has 1 saturated carbocycles. The summed E-state index contributed by atoms with van der Waals surface area (Å²) in [6.07, 6.45) is 4.78. The topological polar surface area (TPSA) is 53.2 Å². The van der Waals surface area contributed by atoms with Crippen molar-refractivity contribution in [3.8, 4) is 10.4 Å². The highest BCUT2D eigenvalue weighted by molar-refractivity contribution is 7.80. The fourth-order valence-corrected chi connectivity index (χ4v) is 4.25. The lowest BCUT2D eigenvalue weighted by atomic mass is 9.86. The van der Waals surface area contributed by atoms with E-state index in [-0.39, 0.29) is 11.7 Å². The van der Waals surface area contributed by atoms with E-state index in [1.807, 2.05) is 6.07 Å². The molecule has 0 radical (unpaired) electrons. The van der Waals surface area contributed by atoms with Gasteiger partial charge in [0.2, 0.25) is 0 Å². The molecule has 1 fully saturated rings. The number of hydrogen-bond acceptors (Lipinski definition) is 3. The molecule has 138 valence electrons. The fourth-order valence-electron chi connectivity index (χ4n) is 3.14. The van der Waals surface area contributed by atoms with Crippen LogP contribution in [0.3, 0.4) is 0 Å². The molecule has 1 aliphatic carbocycles. The number of hydrazine groups is 1. The van der Waals surface area contributed by atoms with E-state index in [1.165, 1.54) is 42.7 Å². The standard InChI is InChI=1S/C19H22FN3OS2/c1-12-4-2-3-5-15(12)21-19(25)23-22-18(24)17-11-10-16(26-17)13-6-8-14(20)9-7-13/h6-12,15H,2-5H2,1H3,(H,22,24)(H2,21,23,25)/t12-,15-/m1/s1. The molecule has 3 N–H and O–H groups in total. The average Bonchev–Trinajstić information content (AvgIpc) is 3.12. The Kier molecular flexibility index (Phi) is 6.21. The first-order valence-corrected chi connectivity index (χ1v) is 9.98. The van der Waals surface area contributed by atoms with Gasteiger partial charge in [-0.1, -0.05) is 31.9 Å². The molecule has 1 heterocycles. The summed E-state index contributed by atoms with van der Waals surface area (Å²) in [4.78, 5) is 13.8. The highest BCUT2D eigenvalue weighted by Crippen LogP contribution is 2.28. The van der Waals surface area contributed by atoms with E-state index in [0.29, 0.717) is 21.9 Å². The third-order valence-electron chi connectivity index (χ3n) is 4.68. The van der Waals surface area contributed by atoms with Crippen LogP contribution in [-0.2, 0) is 0 Å². The quantitative estimate of drug-likeness (QED) is 0.541. The second kappa shape index (κ2) is 8.60. The molecular formula is C19H22FN3OS2. The summed E-state index contributed by atoms with van der Waals surface area (Å²) in [6.45, 7) is 2.22. The molecule has 26 heavy (non-hydrogen) atoms. The summed E-state index contributed by atoms with van der Waals surface area (Å²) in [5, 5.41) is 3.72. The van der Waals surface area contributed by atoms with Gasteiger partial charge in [0.15, 0.2) is 5.11 Å². The third-order valence-corrected chi connectivity index (χ3v) is 6.03. The number of rotatable bonds is 3. The van der Waals surface area contributed by atoms with Crippen molar-refractivity contribution in [2.75, 3.05) is 0 Å². The number of carbonyl (C=O) groups is 1. The largest absolute Gasteiger partial charge is 0.358 e. The summed E-state index contributed by atoms with van der Waals surface area (Å²) in [5.74, 6) is 0.0553. The van der Waals surface area contributed by atoms with E-state index < -0.39 is 0 Å². The van der Waals surface area contributed by atoms with E-state index in [1.54, 1.807) is 18.2 Å². The van der Waals surface area contributed by atoms with Crippen LogP contribution in [0.5, 0.6) is 0 Å². The molecule has 0 spiro atoms. The average molecular weight is 392 g/mol. The second-order valence-corrected chi connectivity index (χ2v) is 8.08. The molecule has 7 heteroatoms. The van der Waals surface area contributed by atoms with E-state index >= 15 is 0 Å². The smallest absolute Gasteiger partial charge is 0.279 e. The van der Waals surface area contributed by atoms with Crippen molar-refractivity contribution in [2.45, 2.75) is 38.6 Å². The summed E-state index contributed by atoms with van der Waals surface area (Å²) in [6, 6.07) is 10.2. The van der Waals surface area contributed by atoms with Crippen molar-refractivity contribution in [1.82, 2.24) is 16.2 Å². The van der Waals surface area contributed by atoms with Crippen LogP contribution in [-0.4, -0.2) is 17.1 Å². The number of benzene rings is 1. The summed E-state index contributed by atoms with van der Waals surface area (Å²) < 4.78 is 13.0. The number of carbonyl (C=O) groups excluding carboxylic acids is 1. The van der Waals surface area contributed by atoms with Crippen LogP contribution in [0.25, 0.3) is 10.4 Å². The monoisotopic (exact) mass is 391 g/mol. The molecule has 1 aromatic carbocycles. The highest BCUT2D eigenvalue weighted by atomic mass is 32.1. The fraction of sp³-hybridized carbons (Fsp3) is 0.368. The first kappa shape index (κ1) is 18.8. The van der Waals surface area contributed by atoms with Gasteiger partial charge in [0, 0.05) is 10.9 Å². The zero-order valence-corrected chi connectivity index (χ0v) is 16.2. The molecular weight excluding hydrogens is 369 g/mol. The Morgan fingerprint density at radius 2 is 1.85 bits per heavy atom. The molecule has 1 aliphatic rings. The van der Waals surface area contributed by atoms with Gasteiger partial charge < -0.3 is 5.32 Å². The van der Waals surface area contributed by atoms with Gasteiger partial charge in [-0.3, -0.25) is 15.6 Å². The number of halogens is 1. The maximum Gasteiger partial charge on any atom is 0.279 e. The van der Waals surface area contributed by atoms with E-state index in [2.05, 4.69) is 23.1 Å². The van der Waals surface area contributed by atoms with E-state index in [0.717, 1.165) is 16.9 Å². The van der Waals surface area contributed by atoms with Crippen LogP contribution in [0.4, 0.5) is 4.39 Å². The maximum absolute atomic E-state index is 13.0. The molecule has 4 nitrogen and oxygen atoms in total. The van der Waals surface area contributed by atoms with Gasteiger partial charge in [-0.2, -0.15) is 0 Å². The van der Waals surface area contributed by atoms with Gasteiger partial charge in [0.25, 0.3) is 5.91 Å². The maximum atomic E-state index is 13.0. The van der Waals surface area contributed by atoms with Crippen LogP contribution < -0.4 is 16.2 Å². The Morgan fingerprint density at radius 3 is 2.58 bits per heavy atom. The van der Waals surface area contributed by atoms with Crippen molar-refractivity contribution in [3.05, 3.63) is 47.1 Å². The van der Waals surface area contributed by atoms with Crippen molar-refractivity contribution in [3.63, 3.8) is 0 Å². The second-order valence-electron chi connectivity index (χ2n) is 6.59. The minimum atomic E-state index is -0.277. The number of nitrogens with one attached hydrogen (secondary N) is 3. The zero-order chi connectivity index (χ0) is 18.5. The predicted molar refractivity (Wildman–Crippen MR) is 107 cm³/mol. The van der Waals surface area contributed by atoms with Crippen molar-refractivity contribution in [1.29, 1.82) is 0 Å². The minimum Gasteiger partial charge on any atom is -0.358 e. The molecule has 0 saturated heterocycles. The molecule has 0 unspecified atom stereocenters. The van der Waals surface area contributed by atoms with Crippen molar-refractivity contribution < 1.29 is 9.18 Å². The summed E-state index contributed by atoms with van der Waals surface area (Å²) >= 11 is 6.63. The number of amides is 1. The molecule has 1 amide bonds. The third kappa shape index (κ3) is 4.80. The normalized spacial score (nSPS) is 19.6. The predicted octanol–water partition coefficient (Wildman–Crippen LogP) is 4.24. The Balaban J connectivity index is 1.52. The summed E-state index contributed by atoms with van der Waals surface area (Å²) in [7, 11) is 0. The van der Waals surface area contributed by atoms with Crippen LogP contribution in [0.15, 0.2) is 36.4 Å². The van der Waals surface area contributed by atoms with Crippen LogP contribution in [0.1, 0.15) is 42.3 Å². The van der Waals surface area contributed by atoms with Gasteiger partial charge >= 0.3 is 0 Å². The van der Waals surface area contributed by atoms with Gasteiger partial charge in [0.05, 0.1) is 4.88 Å². The SMILES string of the molecule is C[C@@H]1CCCC[C@H]1NC(=S)NNC(=O)c1ccc(-c2ccc(F)cc2)s1. The molecule has 0 bridgehead atoms. The molecule has 1 aromatic heterocycles. The Hall–Kier alpha value is -1.99. The lowest BCUT2D eigenvalue weighted by Gasteiger charge is -2.30. The lowest BCUT2D eigenvalue weighted by molar-refractivity contribution is 0.0947. The molecule has 3 rings (SSSR count). The van der Waals surface area contributed by atoms with E-state index in [9.17, 15) is 9.18 Å². The van der Waals surface area contributed by atoms with Gasteiger partial charge in [-0.05, 0) is 60.8 Å². The summed E-state index contributed by atoms with van der Waals surface area (Å²) in [5.41, 5.74) is 6.30. The Labute approximate surface area is 162 Å². The van der Waals surface area contributed by atoms with Gasteiger partial charge in [-0.25, -0.2) is 4.39 Å². The molecule has 2 atom stereocenters. The zero-order valence-electron chi connectivity index (χ0n) is 14.5. The van der Waals surface area contributed by atoms with Crippen molar-refractivity contribution in [2.24, 2.45) is 5.92 Å². The highest BCUT2D eigenvalue weighted by Gasteiger charge is 2.21. The van der Waals surface area contributed by atoms with Crippen LogP contribution in [0, 0.1) is 11.7 Å². The minimum absolute atomic E-state index is 0.246. The number of thiocarbonyl (C=S) groups is 1. The lowest BCUT2D eigenvalue weighted by Crippen LogP contribution is -2.51. The van der Waals surface area contributed by atoms with E-state index in [4.69, 9.17) is 12.2 Å². The van der Waals surface area contributed by atoms with Gasteiger partial charge in [0.1, 0.15) is 5.82 Å².